The molecular weight excluding hydrogens is 318 g/mol. The summed E-state index contributed by atoms with van der Waals surface area (Å²) in [5.41, 5.74) is 3.58. The smallest absolute Gasteiger partial charge is 0.251 e. The number of rotatable bonds is 3. The van der Waals surface area contributed by atoms with E-state index in [4.69, 9.17) is 0 Å². The van der Waals surface area contributed by atoms with Crippen LogP contribution in [0.3, 0.4) is 0 Å². The average Bonchev–Trinajstić information content (AvgIpc) is 2.32. The zero-order valence-corrected chi connectivity index (χ0v) is 13.3. The van der Waals surface area contributed by atoms with E-state index in [0.717, 1.165) is 21.2 Å². The van der Waals surface area contributed by atoms with Crippen molar-refractivity contribution >= 4 is 21.7 Å². The van der Waals surface area contributed by atoms with E-state index < -0.39 is 0 Å². The van der Waals surface area contributed by atoms with Crippen molar-refractivity contribution in [1.29, 1.82) is 0 Å². The fourth-order valence-corrected chi connectivity index (χ4v) is 2.86. The van der Waals surface area contributed by atoms with E-state index in [1.54, 1.807) is 12.3 Å². The summed E-state index contributed by atoms with van der Waals surface area (Å²) >= 11 is 3.31. The van der Waals surface area contributed by atoms with Gasteiger partial charge in [-0.2, -0.15) is 0 Å². The Bertz CT molecular complexity index is 708. The molecule has 104 valence electrons. The molecule has 0 N–H and O–H groups in total. The molecule has 1 aromatic heterocycles. The highest BCUT2D eigenvalue weighted by atomic mass is 79.9. The molecule has 2 rings (SSSR count). The first-order valence-corrected chi connectivity index (χ1v) is 7.15. The van der Waals surface area contributed by atoms with Gasteiger partial charge in [0.2, 0.25) is 0 Å². The SMILES string of the molecule is Cc1cc(C)c(C(=O)Cn2cc(Br)ccc2=O)c(C)c1. The number of pyridine rings is 1. The number of hydrogen-bond donors (Lipinski definition) is 0. The fourth-order valence-electron chi connectivity index (χ4n) is 2.48. The first kappa shape index (κ1) is 14.7. The lowest BCUT2D eigenvalue weighted by molar-refractivity contribution is 0.0969. The minimum absolute atomic E-state index is 0.0415. The number of aromatic nitrogens is 1. The van der Waals surface area contributed by atoms with Crippen LogP contribution in [0.5, 0.6) is 0 Å². The third-order valence-corrected chi connectivity index (χ3v) is 3.69. The van der Waals surface area contributed by atoms with Crippen LogP contribution < -0.4 is 5.56 Å². The van der Waals surface area contributed by atoms with Crippen molar-refractivity contribution in [2.75, 3.05) is 0 Å². The molecule has 0 saturated heterocycles. The van der Waals surface area contributed by atoms with Crippen molar-refractivity contribution in [3.05, 3.63) is 67.5 Å². The van der Waals surface area contributed by atoms with E-state index in [9.17, 15) is 9.59 Å². The van der Waals surface area contributed by atoms with Crippen LogP contribution in [-0.4, -0.2) is 10.4 Å². The topological polar surface area (TPSA) is 39.1 Å². The maximum atomic E-state index is 12.5. The number of carbonyl (C=O) groups excluding carboxylic acids is 1. The van der Waals surface area contributed by atoms with E-state index in [0.29, 0.717) is 5.56 Å². The van der Waals surface area contributed by atoms with Crippen LogP contribution in [-0.2, 0) is 6.54 Å². The Morgan fingerprint density at radius 2 is 1.75 bits per heavy atom. The van der Waals surface area contributed by atoms with Gasteiger partial charge in [0.05, 0.1) is 6.54 Å². The minimum atomic E-state index is -0.177. The number of benzene rings is 1. The zero-order valence-electron chi connectivity index (χ0n) is 11.7. The van der Waals surface area contributed by atoms with Gasteiger partial charge >= 0.3 is 0 Å². The molecule has 0 radical (unpaired) electrons. The summed E-state index contributed by atoms with van der Waals surface area (Å²) < 4.78 is 2.20. The number of carbonyl (C=O) groups is 1. The van der Waals surface area contributed by atoms with Gasteiger partial charge in [0, 0.05) is 22.3 Å². The average molecular weight is 334 g/mol. The molecule has 2 aromatic rings. The predicted octanol–water partition coefficient (Wildman–Crippen LogP) is 3.42. The van der Waals surface area contributed by atoms with Crippen LogP contribution in [0.4, 0.5) is 0 Å². The number of ketones is 1. The highest BCUT2D eigenvalue weighted by Gasteiger charge is 2.14. The van der Waals surface area contributed by atoms with Crippen LogP contribution >= 0.6 is 15.9 Å². The van der Waals surface area contributed by atoms with Gasteiger partial charge in [-0.1, -0.05) is 17.7 Å². The summed E-state index contributed by atoms with van der Waals surface area (Å²) in [7, 11) is 0. The molecule has 20 heavy (non-hydrogen) atoms. The molecule has 0 aliphatic heterocycles. The molecule has 0 amide bonds. The van der Waals surface area contributed by atoms with Crippen LogP contribution in [0.2, 0.25) is 0 Å². The Labute approximate surface area is 126 Å². The van der Waals surface area contributed by atoms with Crippen LogP contribution in [0, 0.1) is 20.8 Å². The zero-order chi connectivity index (χ0) is 14.9. The van der Waals surface area contributed by atoms with Crippen molar-refractivity contribution in [1.82, 2.24) is 4.57 Å². The molecule has 1 heterocycles. The highest BCUT2D eigenvalue weighted by molar-refractivity contribution is 9.10. The lowest BCUT2D eigenvalue weighted by Gasteiger charge is -2.11. The van der Waals surface area contributed by atoms with Gasteiger partial charge < -0.3 is 4.57 Å². The van der Waals surface area contributed by atoms with Crippen molar-refractivity contribution in [3.8, 4) is 0 Å². The standard InChI is InChI=1S/C16H16BrNO2/c1-10-6-11(2)16(12(3)7-10)14(19)9-18-8-13(17)4-5-15(18)20/h4-8H,9H2,1-3H3. The molecular formula is C16H16BrNO2. The van der Waals surface area contributed by atoms with Crippen molar-refractivity contribution < 1.29 is 4.79 Å². The third-order valence-electron chi connectivity index (χ3n) is 3.22. The second-order valence-electron chi connectivity index (χ2n) is 5.01. The number of aryl methyl sites for hydroxylation is 3. The van der Waals surface area contributed by atoms with Crippen molar-refractivity contribution in [2.24, 2.45) is 0 Å². The minimum Gasteiger partial charge on any atom is -0.307 e. The molecule has 4 heteroatoms. The summed E-state index contributed by atoms with van der Waals surface area (Å²) in [6, 6.07) is 7.10. The number of nitrogens with zero attached hydrogens (tertiary/aromatic N) is 1. The monoisotopic (exact) mass is 333 g/mol. The molecule has 0 bridgehead atoms. The van der Waals surface area contributed by atoms with Gasteiger partial charge in [0.15, 0.2) is 5.78 Å². The molecule has 0 spiro atoms. The summed E-state index contributed by atoms with van der Waals surface area (Å²) in [6.45, 7) is 5.92. The second-order valence-corrected chi connectivity index (χ2v) is 5.93. The molecule has 0 atom stereocenters. The second kappa shape index (κ2) is 5.75. The molecule has 0 aliphatic rings. The molecule has 3 nitrogen and oxygen atoms in total. The van der Waals surface area contributed by atoms with E-state index >= 15 is 0 Å². The maximum Gasteiger partial charge on any atom is 0.251 e. The lowest BCUT2D eigenvalue weighted by atomic mass is 9.96. The van der Waals surface area contributed by atoms with Crippen molar-refractivity contribution in [3.63, 3.8) is 0 Å². The Kier molecular flexibility index (Phi) is 4.23. The van der Waals surface area contributed by atoms with Crippen LogP contribution in [0.1, 0.15) is 27.0 Å². The van der Waals surface area contributed by atoms with E-state index in [2.05, 4.69) is 15.9 Å². The highest BCUT2D eigenvalue weighted by Crippen LogP contribution is 2.17. The van der Waals surface area contributed by atoms with Crippen LogP contribution in [0.15, 0.2) is 39.7 Å². The largest absolute Gasteiger partial charge is 0.307 e. The molecule has 0 unspecified atom stereocenters. The lowest BCUT2D eigenvalue weighted by Crippen LogP contribution is -2.23. The summed E-state index contributed by atoms with van der Waals surface area (Å²) in [6.07, 6.45) is 1.64. The predicted molar refractivity (Wildman–Crippen MR) is 83.4 cm³/mol. The van der Waals surface area contributed by atoms with Gasteiger partial charge in [0.25, 0.3) is 5.56 Å². The Morgan fingerprint density at radius 3 is 2.35 bits per heavy atom. The molecule has 1 aromatic carbocycles. The molecule has 0 fully saturated rings. The Balaban J connectivity index is 2.38. The molecule has 0 saturated carbocycles. The maximum absolute atomic E-state index is 12.5. The van der Waals surface area contributed by atoms with Gasteiger partial charge in [-0.3, -0.25) is 9.59 Å². The third kappa shape index (κ3) is 3.07. The number of halogens is 1. The summed E-state index contributed by atoms with van der Waals surface area (Å²) in [5, 5.41) is 0. The summed E-state index contributed by atoms with van der Waals surface area (Å²) in [5.74, 6) is -0.0415. The first-order chi connectivity index (χ1) is 9.38. The number of hydrogen-bond acceptors (Lipinski definition) is 2. The Hall–Kier alpha value is -1.68. The van der Waals surface area contributed by atoms with E-state index in [1.807, 2.05) is 32.9 Å². The Morgan fingerprint density at radius 1 is 1.15 bits per heavy atom. The molecule has 0 aliphatic carbocycles. The fraction of sp³-hybridized carbons (Fsp3) is 0.250. The van der Waals surface area contributed by atoms with Gasteiger partial charge in [-0.15, -0.1) is 0 Å². The quantitative estimate of drug-likeness (QED) is 0.807. The van der Waals surface area contributed by atoms with E-state index in [1.165, 1.54) is 10.6 Å². The van der Waals surface area contributed by atoms with Gasteiger partial charge in [0.1, 0.15) is 0 Å². The van der Waals surface area contributed by atoms with Gasteiger partial charge in [-0.05, 0) is 53.9 Å². The first-order valence-electron chi connectivity index (χ1n) is 6.35. The summed E-state index contributed by atoms with van der Waals surface area (Å²) in [4.78, 5) is 24.2. The van der Waals surface area contributed by atoms with Crippen LogP contribution in [0.25, 0.3) is 0 Å². The number of Topliss-reactive ketones (excluding diaryl/α,β-unsaturated/α-hetero) is 1. The van der Waals surface area contributed by atoms with Gasteiger partial charge in [-0.25, -0.2) is 0 Å². The normalized spacial score (nSPS) is 10.6. The van der Waals surface area contributed by atoms with E-state index in [-0.39, 0.29) is 17.9 Å². The van der Waals surface area contributed by atoms with Crippen molar-refractivity contribution in [2.45, 2.75) is 27.3 Å².